The molecule has 154 valence electrons. The lowest BCUT2D eigenvalue weighted by atomic mass is 10.2. The van der Waals surface area contributed by atoms with Crippen molar-refractivity contribution in [2.24, 2.45) is 0 Å². The van der Waals surface area contributed by atoms with E-state index in [1.165, 1.54) is 24.3 Å². The van der Waals surface area contributed by atoms with Gasteiger partial charge in [-0.3, -0.25) is 24.6 Å². The third-order valence-electron chi connectivity index (χ3n) is 4.50. The number of nitro groups is 1. The molecule has 3 aromatic carbocycles. The highest BCUT2D eigenvalue weighted by Gasteiger charge is 2.35. The molecule has 0 radical (unpaired) electrons. The second-order valence-electron chi connectivity index (χ2n) is 6.68. The number of nitrogens with zero attached hydrogens (tertiary/aromatic N) is 2. The quantitative estimate of drug-likeness (QED) is 0.285. The van der Waals surface area contributed by atoms with Crippen LogP contribution in [-0.4, -0.2) is 21.0 Å². The lowest BCUT2D eigenvalue weighted by Gasteiger charge is -2.12. The summed E-state index contributed by atoms with van der Waals surface area (Å²) in [5.41, 5.74) is 1.32. The number of hydrogen-bond donors (Lipinski definition) is 0. The van der Waals surface area contributed by atoms with Gasteiger partial charge in [0.2, 0.25) is 0 Å². The van der Waals surface area contributed by atoms with Gasteiger partial charge in [-0.2, -0.15) is 0 Å². The number of hydrogen-bond acceptors (Lipinski definition) is 6. The Hall–Kier alpha value is -3.91. The largest absolute Gasteiger partial charge is 0.457 e. The summed E-state index contributed by atoms with van der Waals surface area (Å²) in [6.45, 7) is 0.0527. The summed E-state index contributed by atoms with van der Waals surface area (Å²) >= 11 is 0.863. The Morgan fingerprint density at radius 1 is 0.935 bits per heavy atom. The Labute approximate surface area is 182 Å². The van der Waals surface area contributed by atoms with E-state index in [1.807, 2.05) is 48.5 Å². The monoisotopic (exact) mass is 432 g/mol. The molecule has 0 N–H and O–H groups in total. The highest BCUT2D eigenvalue weighted by atomic mass is 32.2. The van der Waals surface area contributed by atoms with Crippen LogP contribution in [0.5, 0.6) is 11.5 Å². The van der Waals surface area contributed by atoms with Crippen molar-refractivity contribution in [3.8, 4) is 11.5 Å². The number of carbonyl (C=O) groups is 2. The third kappa shape index (κ3) is 4.81. The van der Waals surface area contributed by atoms with Gasteiger partial charge >= 0.3 is 0 Å². The van der Waals surface area contributed by atoms with Crippen LogP contribution in [0.3, 0.4) is 0 Å². The maximum atomic E-state index is 12.8. The third-order valence-corrected chi connectivity index (χ3v) is 5.40. The van der Waals surface area contributed by atoms with Crippen molar-refractivity contribution in [3.63, 3.8) is 0 Å². The van der Waals surface area contributed by atoms with Crippen LogP contribution in [-0.2, 0) is 11.3 Å². The van der Waals surface area contributed by atoms with Gasteiger partial charge in [0, 0.05) is 12.1 Å². The van der Waals surface area contributed by atoms with E-state index in [4.69, 9.17) is 4.74 Å². The minimum atomic E-state index is -0.498. The molecule has 3 aromatic rings. The van der Waals surface area contributed by atoms with E-state index >= 15 is 0 Å². The summed E-state index contributed by atoms with van der Waals surface area (Å²) in [6.07, 6.45) is 1.65. The molecule has 2 amide bonds. The first-order chi connectivity index (χ1) is 15.0. The number of benzene rings is 3. The van der Waals surface area contributed by atoms with E-state index in [2.05, 4.69) is 0 Å². The van der Waals surface area contributed by atoms with Gasteiger partial charge in [-0.25, -0.2) is 0 Å². The molecule has 4 rings (SSSR count). The van der Waals surface area contributed by atoms with Crippen molar-refractivity contribution >= 4 is 34.7 Å². The number of para-hydroxylation sites is 1. The Balaban J connectivity index is 1.49. The molecule has 0 atom stereocenters. The van der Waals surface area contributed by atoms with Crippen LogP contribution in [0, 0.1) is 10.1 Å². The van der Waals surface area contributed by atoms with Gasteiger partial charge in [0.15, 0.2) is 0 Å². The molecule has 1 heterocycles. The first-order valence-electron chi connectivity index (χ1n) is 9.31. The van der Waals surface area contributed by atoms with Crippen molar-refractivity contribution in [2.45, 2.75) is 6.54 Å². The predicted octanol–water partition coefficient (Wildman–Crippen LogP) is 5.62. The van der Waals surface area contributed by atoms with Crippen molar-refractivity contribution in [1.29, 1.82) is 0 Å². The molecule has 7 nitrogen and oxygen atoms in total. The van der Waals surface area contributed by atoms with E-state index in [9.17, 15) is 19.7 Å². The first kappa shape index (κ1) is 20.4. The number of carbonyl (C=O) groups excluding carboxylic acids is 2. The molecular formula is C23H16N2O5S. The molecule has 0 aromatic heterocycles. The van der Waals surface area contributed by atoms with E-state index < -0.39 is 10.8 Å². The molecule has 0 saturated carbocycles. The van der Waals surface area contributed by atoms with Crippen LogP contribution in [0.2, 0.25) is 0 Å². The van der Waals surface area contributed by atoms with Gasteiger partial charge in [0.25, 0.3) is 16.8 Å². The number of ether oxygens (including phenoxy) is 1. The molecule has 1 aliphatic rings. The summed E-state index contributed by atoms with van der Waals surface area (Å²) in [5, 5.41) is 10.4. The van der Waals surface area contributed by atoms with Crippen molar-refractivity contribution < 1.29 is 19.2 Å². The van der Waals surface area contributed by atoms with Gasteiger partial charge in [0.05, 0.1) is 16.4 Å². The van der Waals surface area contributed by atoms with Gasteiger partial charge in [-0.1, -0.05) is 42.5 Å². The first-order valence-corrected chi connectivity index (χ1v) is 10.1. The van der Waals surface area contributed by atoms with E-state index in [-0.39, 0.29) is 17.5 Å². The van der Waals surface area contributed by atoms with Gasteiger partial charge < -0.3 is 4.74 Å². The number of amides is 2. The van der Waals surface area contributed by atoms with Crippen LogP contribution >= 0.6 is 11.8 Å². The number of non-ortho nitro benzene ring substituents is 1. The van der Waals surface area contributed by atoms with Crippen LogP contribution in [0.25, 0.3) is 6.08 Å². The Morgan fingerprint density at radius 2 is 1.65 bits per heavy atom. The molecule has 0 aliphatic carbocycles. The molecule has 8 heteroatoms. The van der Waals surface area contributed by atoms with Crippen LogP contribution in [0.1, 0.15) is 11.1 Å². The molecule has 31 heavy (non-hydrogen) atoms. The molecule has 0 unspecified atom stereocenters. The maximum Gasteiger partial charge on any atom is 0.293 e. The zero-order chi connectivity index (χ0) is 21.8. The van der Waals surface area contributed by atoms with Crippen molar-refractivity contribution in [3.05, 3.63) is 105 Å². The summed E-state index contributed by atoms with van der Waals surface area (Å²) in [7, 11) is 0. The van der Waals surface area contributed by atoms with E-state index in [1.54, 1.807) is 12.1 Å². The summed E-state index contributed by atoms with van der Waals surface area (Å²) < 4.78 is 5.81. The average Bonchev–Trinajstić information content (AvgIpc) is 3.02. The van der Waals surface area contributed by atoms with Crippen LogP contribution in [0.4, 0.5) is 10.5 Å². The number of rotatable bonds is 6. The fraction of sp³-hybridized carbons (Fsp3) is 0.0435. The molecule has 1 fully saturated rings. The molecule has 1 aliphatic heterocycles. The number of thioether (sulfide) groups is 1. The summed E-state index contributed by atoms with van der Waals surface area (Å²) in [5.74, 6) is 0.913. The lowest BCUT2D eigenvalue weighted by Crippen LogP contribution is -2.27. The second-order valence-corrected chi connectivity index (χ2v) is 7.67. The minimum absolute atomic E-state index is 0.0459. The smallest absolute Gasteiger partial charge is 0.293 e. The Morgan fingerprint density at radius 3 is 2.35 bits per heavy atom. The fourth-order valence-corrected chi connectivity index (χ4v) is 3.82. The summed E-state index contributed by atoms with van der Waals surface area (Å²) in [6, 6.07) is 22.3. The summed E-state index contributed by atoms with van der Waals surface area (Å²) in [4.78, 5) is 36.8. The molecule has 0 bridgehead atoms. The number of nitro benzene ring substituents is 1. The maximum absolute atomic E-state index is 12.8. The van der Waals surface area contributed by atoms with E-state index in [0.29, 0.717) is 22.0 Å². The topological polar surface area (TPSA) is 89.8 Å². The highest BCUT2D eigenvalue weighted by Crippen LogP contribution is 2.34. The zero-order valence-electron chi connectivity index (χ0n) is 16.1. The molecule has 1 saturated heterocycles. The fourth-order valence-electron chi connectivity index (χ4n) is 2.99. The highest BCUT2D eigenvalue weighted by molar-refractivity contribution is 8.18. The van der Waals surface area contributed by atoms with Gasteiger partial charge in [0.1, 0.15) is 11.5 Å². The van der Waals surface area contributed by atoms with Crippen molar-refractivity contribution in [1.82, 2.24) is 4.90 Å². The Kier molecular flexibility index (Phi) is 5.81. The molecular weight excluding hydrogens is 416 g/mol. The second kappa shape index (κ2) is 8.85. The predicted molar refractivity (Wildman–Crippen MR) is 118 cm³/mol. The van der Waals surface area contributed by atoms with Gasteiger partial charge in [-0.15, -0.1) is 0 Å². The van der Waals surface area contributed by atoms with Crippen LogP contribution < -0.4 is 4.74 Å². The van der Waals surface area contributed by atoms with Gasteiger partial charge in [-0.05, 0) is 53.2 Å². The van der Waals surface area contributed by atoms with Crippen molar-refractivity contribution in [2.75, 3.05) is 0 Å². The standard InChI is InChI=1S/C23H16N2O5S/c26-22-21(14-17-5-4-8-20(13-17)30-19-6-2-1-3-7-19)31-23(27)24(22)15-16-9-11-18(12-10-16)25(28)29/h1-14H,15H2/b21-14+. The normalized spacial score (nSPS) is 14.8. The van der Waals surface area contributed by atoms with E-state index in [0.717, 1.165) is 22.2 Å². The molecule has 0 spiro atoms. The lowest BCUT2D eigenvalue weighted by molar-refractivity contribution is -0.384. The zero-order valence-corrected chi connectivity index (χ0v) is 17.0. The minimum Gasteiger partial charge on any atom is -0.457 e. The average molecular weight is 432 g/mol. The Bertz CT molecular complexity index is 1180. The number of imide groups is 1. The SMILES string of the molecule is O=C1S/C(=C/c2cccc(Oc3ccccc3)c2)C(=O)N1Cc1ccc([N+](=O)[O-])cc1. The van der Waals surface area contributed by atoms with Crippen LogP contribution in [0.15, 0.2) is 83.8 Å².